The molecule has 0 atom stereocenters. The highest BCUT2D eigenvalue weighted by molar-refractivity contribution is 7.87. The Bertz CT molecular complexity index is 752. The first-order chi connectivity index (χ1) is 12.0. The van der Waals surface area contributed by atoms with Crippen LogP contribution in [0.25, 0.3) is 0 Å². The molecule has 0 unspecified atom stereocenters. The van der Waals surface area contributed by atoms with Crippen LogP contribution in [0, 0.1) is 5.92 Å². The van der Waals surface area contributed by atoms with Crippen LogP contribution < -0.4 is 4.94 Å². The summed E-state index contributed by atoms with van der Waals surface area (Å²) in [7, 11) is -4.08. The van der Waals surface area contributed by atoms with Gasteiger partial charge in [0.25, 0.3) is 0 Å². The minimum Gasteiger partial charge on any atom is -0.380 e. The molecule has 0 aliphatic carbocycles. The van der Waals surface area contributed by atoms with E-state index in [1.165, 1.54) is 0 Å². The molecule has 0 spiro atoms. The molecule has 134 valence electrons. The lowest BCUT2D eigenvalue weighted by Gasteiger charge is -2.41. The van der Waals surface area contributed by atoms with Gasteiger partial charge in [0.2, 0.25) is 0 Å². The van der Waals surface area contributed by atoms with Gasteiger partial charge in [-0.15, -0.1) is 4.48 Å². The van der Waals surface area contributed by atoms with Crippen molar-refractivity contribution in [2.24, 2.45) is 5.92 Å². The van der Waals surface area contributed by atoms with E-state index >= 15 is 0 Å². The maximum atomic E-state index is 12.5. The number of nitrogens with one attached hydrogen (secondary N) is 1. The highest BCUT2D eigenvalue weighted by atomic mass is 32.2. The van der Waals surface area contributed by atoms with Crippen molar-refractivity contribution in [2.45, 2.75) is 18.4 Å². The Hall–Kier alpha value is -1.80. The van der Waals surface area contributed by atoms with Crippen LogP contribution >= 0.6 is 0 Å². The van der Waals surface area contributed by atoms with Gasteiger partial charge in [-0.3, -0.25) is 0 Å². The van der Waals surface area contributed by atoms with Crippen molar-refractivity contribution < 1.29 is 18.0 Å². The molecular weight excluding hydrogens is 343 g/mol. The fourth-order valence-electron chi connectivity index (χ4n) is 3.59. The molecule has 2 aromatic rings. The fraction of sp³-hybridized carbons (Fsp3) is 0.333. The van der Waals surface area contributed by atoms with Crippen LogP contribution in [-0.4, -0.2) is 30.9 Å². The van der Waals surface area contributed by atoms with Crippen LogP contribution in [0.15, 0.2) is 60.7 Å². The molecule has 5 nitrogen and oxygen atoms in total. The first kappa shape index (κ1) is 18.0. The number of benzene rings is 2. The van der Waals surface area contributed by atoms with E-state index in [1.54, 1.807) is 0 Å². The molecule has 2 aromatic carbocycles. The zero-order valence-corrected chi connectivity index (χ0v) is 14.5. The van der Waals surface area contributed by atoms with Crippen molar-refractivity contribution >= 4 is 10.2 Å². The van der Waals surface area contributed by atoms with Gasteiger partial charge in [-0.1, -0.05) is 60.7 Å². The van der Waals surface area contributed by atoms with Gasteiger partial charge < -0.3 is 5.11 Å². The maximum absolute atomic E-state index is 12.5. The Morgan fingerprint density at radius 3 is 1.80 bits per heavy atom. The first-order valence-corrected chi connectivity index (χ1v) is 9.63. The van der Waals surface area contributed by atoms with Crippen molar-refractivity contribution in [1.29, 1.82) is 0 Å². The van der Waals surface area contributed by atoms with Crippen molar-refractivity contribution in [3.8, 4) is 0 Å². The standard InChI is InChI=1S/C18H21FN2O3S/c19-20-25(23,24)21-13-11-17(12-14-21)18(22,15-7-3-1-4-8-15)16-9-5-2-6-10-16/h1-10,17,20,22H,11-14H2. The number of piperidine rings is 1. The van der Waals surface area contributed by atoms with Crippen molar-refractivity contribution in [2.75, 3.05) is 13.1 Å². The van der Waals surface area contributed by atoms with Crippen LogP contribution in [0.1, 0.15) is 24.0 Å². The van der Waals surface area contributed by atoms with Crippen LogP contribution in [0.4, 0.5) is 4.48 Å². The average Bonchev–Trinajstić information content (AvgIpc) is 2.69. The van der Waals surface area contributed by atoms with Crippen molar-refractivity contribution in [3.05, 3.63) is 71.8 Å². The molecule has 0 radical (unpaired) electrons. The lowest BCUT2D eigenvalue weighted by atomic mass is 9.72. The van der Waals surface area contributed by atoms with Crippen LogP contribution in [0.5, 0.6) is 0 Å². The summed E-state index contributed by atoms with van der Waals surface area (Å²) >= 11 is 0. The van der Waals surface area contributed by atoms with Gasteiger partial charge in [0, 0.05) is 13.1 Å². The molecule has 7 heteroatoms. The molecule has 0 saturated carbocycles. The zero-order chi connectivity index (χ0) is 17.9. The lowest BCUT2D eigenvalue weighted by Crippen LogP contribution is -2.47. The van der Waals surface area contributed by atoms with E-state index in [-0.39, 0.29) is 19.0 Å². The number of rotatable bonds is 5. The molecular formula is C18H21FN2O3S. The Morgan fingerprint density at radius 2 is 1.40 bits per heavy atom. The minimum atomic E-state index is -4.08. The molecule has 25 heavy (non-hydrogen) atoms. The maximum Gasteiger partial charge on any atom is 0.305 e. The summed E-state index contributed by atoms with van der Waals surface area (Å²) in [6.45, 7) is 0.317. The van der Waals surface area contributed by atoms with Gasteiger partial charge in [-0.2, -0.15) is 12.7 Å². The number of nitrogens with zero attached hydrogens (tertiary/aromatic N) is 1. The van der Waals surface area contributed by atoms with Gasteiger partial charge >= 0.3 is 10.2 Å². The predicted molar refractivity (Wildman–Crippen MR) is 93.3 cm³/mol. The monoisotopic (exact) mass is 364 g/mol. The summed E-state index contributed by atoms with van der Waals surface area (Å²) in [6, 6.07) is 18.8. The fourth-order valence-corrected chi connectivity index (χ4v) is 4.37. The van der Waals surface area contributed by atoms with Gasteiger partial charge in [0.15, 0.2) is 0 Å². The molecule has 1 aliphatic heterocycles. The largest absolute Gasteiger partial charge is 0.380 e. The molecule has 3 rings (SSSR count). The second-order valence-electron chi connectivity index (χ2n) is 6.25. The minimum absolute atomic E-state index is 0.159. The first-order valence-electron chi connectivity index (χ1n) is 8.19. The third kappa shape index (κ3) is 3.46. The van der Waals surface area contributed by atoms with E-state index in [4.69, 9.17) is 0 Å². The lowest BCUT2D eigenvalue weighted by molar-refractivity contribution is -0.00557. The van der Waals surface area contributed by atoms with E-state index in [9.17, 15) is 18.0 Å². The Kier molecular flexibility index (Phi) is 5.19. The summed E-state index contributed by atoms with van der Waals surface area (Å²) in [5.74, 6) is -0.177. The molecule has 1 saturated heterocycles. The van der Waals surface area contributed by atoms with E-state index in [2.05, 4.69) is 0 Å². The van der Waals surface area contributed by atoms with Gasteiger partial charge in [-0.25, -0.2) is 0 Å². The van der Waals surface area contributed by atoms with Gasteiger partial charge in [-0.05, 0) is 34.8 Å². The van der Waals surface area contributed by atoms with Crippen molar-refractivity contribution in [3.63, 3.8) is 0 Å². The number of halogens is 1. The number of hydrogen-bond acceptors (Lipinski definition) is 3. The third-order valence-electron chi connectivity index (χ3n) is 4.91. The molecule has 1 aliphatic rings. The average molecular weight is 364 g/mol. The molecule has 0 aromatic heterocycles. The smallest absolute Gasteiger partial charge is 0.305 e. The Morgan fingerprint density at radius 1 is 0.960 bits per heavy atom. The van der Waals surface area contributed by atoms with Crippen LogP contribution in [0.2, 0.25) is 0 Å². The van der Waals surface area contributed by atoms with E-state index in [0.29, 0.717) is 12.8 Å². The molecule has 1 fully saturated rings. The van der Waals surface area contributed by atoms with Gasteiger partial charge in [0.05, 0.1) is 0 Å². The quantitative estimate of drug-likeness (QED) is 0.800. The topological polar surface area (TPSA) is 69.6 Å². The Labute approximate surface area is 147 Å². The highest BCUT2D eigenvalue weighted by Crippen LogP contribution is 2.42. The molecule has 0 bridgehead atoms. The van der Waals surface area contributed by atoms with Crippen molar-refractivity contribution in [1.82, 2.24) is 9.25 Å². The summed E-state index contributed by atoms with van der Waals surface area (Å²) in [6.07, 6.45) is 0.863. The summed E-state index contributed by atoms with van der Waals surface area (Å²) in [5.41, 5.74) is 0.318. The van der Waals surface area contributed by atoms with E-state index in [0.717, 1.165) is 20.4 Å². The second kappa shape index (κ2) is 7.21. The second-order valence-corrected chi connectivity index (χ2v) is 7.87. The number of hydrogen-bond donors (Lipinski definition) is 2. The van der Waals surface area contributed by atoms with Crippen LogP contribution in [-0.2, 0) is 15.8 Å². The van der Waals surface area contributed by atoms with Crippen LogP contribution in [0.3, 0.4) is 0 Å². The Balaban J connectivity index is 1.93. The molecule has 1 heterocycles. The number of aliphatic hydroxyl groups is 1. The summed E-state index contributed by atoms with van der Waals surface area (Å²) in [4.78, 5) is 0.864. The van der Waals surface area contributed by atoms with E-state index < -0.39 is 15.8 Å². The molecule has 2 N–H and O–H groups in total. The summed E-state index contributed by atoms with van der Waals surface area (Å²) < 4.78 is 36.8. The normalized spacial score (nSPS) is 17.5. The summed E-state index contributed by atoms with van der Waals surface area (Å²) in [5, 5.41) is 11.7. The highest BCUT2D eigenvalue weighted by Gasteiger charge is 2.42. The van der Waals surface area contributed by atoms with Gasteiger partial charge in [0.1, 0.15) is 5.60 Å². The predicted octanol–water partition coefficient (Wildman–Crippen LogP) is 2.35. The molecule has 0 amide bonds. The third-order valence-corrected chi connectivity index (χ3v) is 6.15. The van der Waals surface area contributed by atoms with E-state index in [1.807, 2.05) is 60.7 Å². The zero-order valence-electron chi connectivity index (χ0n) is 13.7. The SMILES string of the molecule is O=S(=O)(NF)N1CCC(C(O)(c2ccccc2)c2ccccc2)CC1.